The van der Waals surface area contributed by atoms with Crippen LogP contribution in [0.1, 0.15) is 66.7 Å². The summed E-state index contributed by atoms with van der Waals surface area (Å²) in [5.74, 6) is -0.00801. The standard InChI is InChI=1S/C21H36O5/c1-15(18(24)13-16(2)20(3,4)25)7-6-11-21(5)19(26-21)9-8-17(14-23)10-12-22/h10,13,15,19,22-23,25H,6-9,11-12,14H2,1-5H3/b16-13+,17-10+/t15-,19-,21-/m0/s1. The molecule has 0 unspecified atom stereocenters. The molecule has 1 saturated heterocycles. The smallest absolute Gasteiger partial charge is 0.158 e. The maximum Gasteiger partial charge on any atom is 0.158 e. The summed E-state index contributed by atoms with van der Waals surface area (Å²) in [6, 6.07) is 0. The Morgan fingerprint density at radius 3 is 2.54 bits per heavy atom. The minimum Gasteiger partial charge on any atom is -0.392 e. The molecule has 0 radical (unpaired) electrons. The van der Waals surface area contributed by atoms with Gasteiger partial charge in [-0.2, -0.15) is 0 Å². The zero-order valence-corrected chi connectivity index (χ0v) is 16.9. The van der Waals surface area contributed by atoms with E-state index in [1.165, 1.54) is 0 Å². The molecule has 0 aromatic rings. The Hall–Kier alpha value is -1.01. The summed E-state index contributed by atoms with van der Waals surface area (Å²) >= 11 is 0. The van der Waals surface area contributed by atoms with Crippen molar-refractivity contribution in [3.05, 3.63) is 23.3 Å². The van der Waals surface area contributed by atoms with Gasteiger partial charge >= 0.3 is 0 Å². The van der Waals surface area contributed by atoms with Gasteiger partial charge in [0.05, 0.1) is 30.5 Å². The molecule has 1 aliphatic rings. The van der Waals surface area contributed by atoms with Crippen molar-refractivity contribution in [2.45, 2.75) is 84.0 Å². The average molecular weight is 369 g/mol. The fraction of sp³-hybridized carbons (Fsp3) is 0.762. The molecule has 0 spiro atoms. The molecule has 0 aromatic carbocycles. The van der Waals surface area contributed by atoms with Crippen molar-refractivity contribution in [2.24, 2.45) is 5.92 Å². The largest absolute Gasteiger partial charge is 0.392 e. The van der Waals surface area contributed by atoms with Crippen molar-refractivity contribution in [1.82, 2.24) is 0 Å². The molecule has 1 fully saturated rings. The number of epoxide rings is 1. The lowest BCUT2D eigenvalue weighted by Crippen LogP contribution is -2.22. The van der Waals surface area contributed by atoms with Crippen LogP contribution in [0.4, 0.5) is 0 Å². The van der Waals surface area contributed by atoms with E-state index in [1.54, 1.807) is 32.9 Å². The minimum absolute atomic E-state index is 0.0266. The van der Waals surface area contributed by atoms with Gasteiger partial charge in [0, 0.05) is 5.92 Å². The van der Waals surface area contributed by atoms with Gasteiger partial charge < -0.3 is 20.1 Å². The average Bonchev–Trinajstić information content (AvgIpc) is 3.20. The van der Waals surface area contributed by atoms with Crippen LogP contribution in [0.3, 0.4) is 0 Å². The van der Waals surface area contributed by atoms with Crippen LogP contribution < -0.4 is 0 Å². The lowest BCUT2D eigenvalue weighted by atomic mass is 9.90. The predicted octanol–water partition coefficient (Wildman–Crippen LogP) is 2.93. The first-order valence-electron chi connectivity index (χ1n) is 9.56. The number of aliphatic hydroxyl groups is 3. The van der Waals surface area contributed by atoms with Crippen molar-refractivity contribution >= 4 is 5.78 Å². The molecule has 0 aromatic heterocycles. The molecule has 150 valence electrons. The van der Waals surface area contributed by atoms with Crippen LogP contribution >= 0.6 is 0 Å². The topological polar surface area (TPSA) is 90.3 Å². The lowest BCUT2D eigenvalue weighted by Gasteiger charge is -2.18. The van der Waals surface area contributed by atoms with Crippen molar-refractivity contribution in [2.75, 3.05) is 13.2 Å². The van der Waals surface area contributed by atoms with E-state index in [2.05, 4.69) is 6.92 Å². The minimum atomic E-state index is -0.962. The van der Waals surface area contributed by atoms with Crippen molar-refractivity contribution in [3.63, 3.8) is 0 Å². The third-order valence-electron chi connectivity index (χ3n) is 5.47. The normalized spacial score (nSPS) is 25.3. The van der Waals surface area contributed by atoms with Crippen LogP contribution in [0.2, 0.25) is 0 Å². The highest BCUT2D eigenvalue weighted by atomic mass is 16.6. The third kappa shape index (κ3) is 7.31. The monoisotopic (exact) mass is 368 g/mol. The van der Waals surface area contributed by atoms with E-state index in [1.807, 2.05) is 6.92 Å². The van der Waals surface area contributed by atoms with E-state index in [4.69, 9.17) is 9.84 Å². The summed E-state index contributed by atoms with van der Waals surface area (Å²) < 4.78 is 5.83. The number of carbonyl (C=O) groups excluding carboxylic acids is 1. The molecular weight excluding hydrogens is 332 g/mol. The molecule has 26 heavy (non-hydrogen) atoms. The first-order valence-corrected chi connectivity index (χ1v) is 9.56. The van der Waals surface area contributed by atoms with Gasteiger partial charge in [-0.1, -0.05) is 13.0 Å². The summed E-state index contributed by atoms with van der Waals surface area (Å²) in [7, 11) is 0. The number of carbonyl (C=O) groups is 1. The Labute approximate surface area is 157 Å². The van der Waals surface area contributed by atoms with E-state index >= 15 is 0 Å². The number of ketones is 1. The summed E-state index contributed by atoms with van der Waals surface area (Å²) in [4.78, 5) is 12.2. The fourth-order valence-corrected chi connectivity index (χ4v) is 3.00. The predicted molar refractivity (Wildman–Crippen MR) is 103 cm³/mol. The molecule has 0 aliphatic carbocycles. The molecule has 3 N–H and O–H groups in total. The molecule has 1 rings (SSSR count). The Kier molecular flexibility index (Phi) is 8.67. The molecule has 0 saturated carbocycles. The maximum absolute atomic E-state index is 12.2. The van der Waals surface area contributed by atoms with Crippen LogP contribution in [0.25, 0.3) is 0 Å². The zero-order chi connectivity index (χ0) is 20.0. The van der Waals surface area contributed by atoms with E-state index in [0.717, 1.165) is 37.7 Å². The van der Waals surface area contributed by atoms with Gasteiger partial charge in [-0.3, -0.25) is 4.79 Å². The Balaban J connectivity index is 2.35. The maximum atomic E-state index is 12.2. The summed E-state index contributed by atoms with van der Waals surface area (Å²) in [5, 5.41) is 28.0. The van der Waals surface area contributed by atoms with Gasteiger partial charge in [0.15, 0.2) is 5.78 Å². The number of ether oxygens (including phenoxy) is 1. The number of hydrogen-bond acceptors (Lipinski definition) is 5. The molecule has 0 bridgehead atoms. The van der Waals surface area contributed by atoms with Gasteiger partial charge in [-0.15, -0.1) is 0 Å². The highest BCUT2D eigenvalue weighted by Crippen LogP contribution is 2.43. The van der Waals surface area contributed by atoms with Gasteiger partial charge in [-0.25, -0.2) is 0 Å². The Morgan fingerprint density at radius 2 is 2.00 bits per heavy atom. The van der Waals surface area contributed by atoms with E-state index in [0.29, 0.717) is 5.57 Å². The molecule has 5 nitrogen and oxygen atoms in total. The van der Waals surface area contributed by atoms with Gasteiger partial charge in [0.25, 0.3) is 0 Å². The van der Waals surface area contributed by atoms with Crippen LogP contribution in [-0.4, -0.2) is 51.6 Å². The Morgan fingerprint density at radius 1 is 1.35 bits per heavy atom. The molecule has 1 heterocycles. The van der Waals surface area contributed by atoms with Gasteiger partial charge in [0.2, 0.25) is 0 Å². The van der Waals surface area contributed by atoms with Crippen LogP contribution in [0, 0.1) is 5.92 Å². The second-order valence-electron chi connectivity index (χ2n) is 8.24. The Bertz CT molecular complexity index is 529. The number of allylic oxidation sites excluding steroid dienone is 1. The van der Waals surface area contributed by atoms with Crippen LogP contribution in [0.5, 0.6) is 0 Å². The number of rotatable bonds is 12. The second-order valence-corrected chi connectivity index (χ2v) is 8.24. The molecule has 3 atom stereocenters. The molecule has 5 heteroatoms. The van der Waals surface area contributed by atoms with Crippen molar-refractivity contribution < 1.29 is 24.9 Å². The zero-order valence-electron chi connectivity index (χ0n) is 16.9. The summed E-state index contributed by atoms with van der Waals surface area (Å²) in [6.07, 6.45) is 7.57. The van der Waals surface area contributed by atoms with E-state index < -0.39 is 5.60 Å². The summed E-state index contributed by atoms with van der Waals surface area (Å²) in [5.41, 5.74) is 0.429. The van der Waals surface area contributed by atoms with Gasteiger partial charge in [0.1, 0.15) is 0 Å². The second kappa shape index (κ2) is 9.79. The SMILES string of the molecule is C/C(=C\C(=O)[C@@H](C)CCC[C@]1(C)O[C@H]1CC/C(=C\CO)CO)C(C)(C)O. The van der Waals surface area contributed by atoms with E-state index in [-0.39, 0.29) is 36.6 Å². The number of aliphatic hydroxyl groups excluding tert-OH is 2. The van der Waals surface area contributed by atoms with Crippen molar-refractivity contribution in [1.29, 1.82) is 0 Å². The number of hydrogen-bond donors (Lipinski definition) is 3. The molecule has 0 amide bonds. The van der Waals surface area contributed by atoms with Crippen molar-refractivity contribution in [3.8, 4) is 0 Å². The highest BCUT2D eigenvalue weighted by Gasteiger charge is 2.50. The third-order valence-corrected chi connectivity index (χ3v) is 5.47. The first-order chi connectivity index (χ1) is 12.0. The molecular formula is C21H36O5. The quantitative estimate of drug-likeness (QED) is 0.280. The lowest BCUT2D eigenvalue weighted by molar-refractivity contribution is -0.118. The first kappa shape index (κ1) is 23.0. The molecule has 1 aliphatic heterocycles. The summed E-state index contributed by atoms with van der Waals surface area (Å²) in [6.45, 7) is 9.09. The van der Waals surface area contributed by atoms with Crippen LogP contribution in [0.15, 0.2) is 23.3 Å². The highest BCUT2D eigenvalue weighted by molar-refractivity contribution is 5.92. The van der Waals surface area contributed by atoms with Crippen LogP contribution in [-0.2, 0) is 9.53 Å². The van der Waals surface area contributed by atoms with Gasteiger partial charge in [-0.05, 0) is 77.0 Å². The van der Waals surface area contributed by atoms with E-state index in [9.17, 15) is 15.0 Å². The fourth-order valence-electron chi connectivity index (χ4n) is 3.00.